The highest BCUT2D eigenvalue weighted by Gasteiger charge is 2.48. The fourth-order valence-electron chi connectivity index (χ4n) is 6.44. The fourth-order valence-corrected chi connectivity index (χ4v) is 6.44. The fraction of sp³-hybridized carbons (Fsp3) is 0.533. The number of nitrogens with one attached hydrogen (secondary N) is 2. The van der Waals surface area contributed by atoms with Gasteiger partial charge in [-0.2, -0.15) is 28.5 Å². The number of hydrogen-bond donors (Lipinski definition) is 2. The van der Waals surface area contributed by atoms with Crippen LogP contribution >= 0.6 is 0 Å². The average Bonchev–Trinajstić information content (AvgIpc) is 3.45. The van der Waals surface area contributed by atoms with E-state index in [0.29, 0.717) is 44.3 Å². The number of fused-ring (bicyclic) bond motifs is 1. The van der Waals surface area contributed by atoms with Crippen molar-refractivity contribution in [1.29, 1.82) is 5.26 Å². The number of ether oxygens (including phenoxy) is 1. The van der Waals surface area contributed by atoms with Gasteiger partial charge in [-0.25, -0.2) is 15.0 Å². The lowest BCUT2D eigenvalue weighted by Gasteiger charge is -2.53. The molecule has 4 aromatic heterocycles. The Kier molecular flexibility index (Phi) is 7.45. The molecule has 4 aromatic rings. The molecule has 3 fully saturated rings. The van der Waals surface area contributed by atoms with E-state index in [1.807, 2.05) is 23.1 Å². The van der Waals surface area contributed by atoms with E-state index in [1.54, 1.807) is 6.20 Å². The first-order valence-electron chi connectivity index (χ1n) is 15.1. The number of halogens is 3. The Bertz CT molecular complexity index is 1660. The second-order valence-electron chi connectivity index (χ2n) is 12.2. The predicted octanol–water partition coefficient (Wildman–Crippen LogP) is 4.44. The van der Waals surface area contributed by atoms with Crippen LogP contribution in [0, 0.1) is 17.2 Å². The van der Waals surface area contributed by atoms with E-state index in [2.05, 4.69) is 46.3 Å². The lowest BCUT2D eigenvalue weighted by molar-refractivity contribution is -0.145. The SMILES string of the molecule is N#CCC1(n2cc(-c3ncnc4[nH]ccc34)cn2)CN([C@H]2CC[C@@H](Oc3cc(CNCC4CC4)nc(C(F)(F)F)n3)CC2)C1. The summed E-state index contributed by atoms with van der Waals surface area (Å²) >= 11 is 0. The monoisotopic (exact) mass is 606 g/mol. The number of hydrogen-bond acceptors (Lipinski definition) is 9. The highest BCUT2D eigenvalue weighted by atomic mass is 19.4. The van der Waals surface area contributed by atoms with Crippen LogP contribution in [0.4, 0.5) is 13.2 Å². The Hall–Kier alpha value is -4.09. The zero-order valence-corrected chi connectivity index (χ0v) is 24.1. The minimum atomic E-state index is -4.64. The lowest BCUT2D eigenvalue weighted by Crippen LogP contribution is -2.65. The first kappa shape index (κ1) is 28.7. The van der Waals surface area contributed by atoms with Gasteiger partial charge in [0.1, 0.15) is 23.6 Å². The van der Waals surface area contributed by atoms with Crippen LogP contribution in [0.15, 0.2) is 37.1 Å². The summed E-state index contributed by atoms with van der Waals surface area (Å²) in [5.74, 6) is -0.579. The Morgan fingerprint density at radius 2 is 1.93 bits per heavy atom. The normalized spacial score (nSPS) is 22.0. The summed E-state index contributed by atoms with van der Waals surface area (Å²) < 4.78 is 48.4. The number of H-pyrrole nitrogens is 1. The van der Waals surface area contributed by atoms with Crippen molar-refractivity contribution in [3.05, 3.63) is 48.6 Å². The summed E-state index contributed by atoms with van der Waals surface area (Å²) in [5.41, 5.74) is 2.27. The maximum Gasteiger partial charge on any atom is 0.451 e. The molecule has 0 atom stereocenters. The van der Waals surface area contributed by atoms with Gasteiger partial charge >= 0.3 is 6.18 Å². The van der Waals surface area contributed by atoms with Crippen molar-refractivity contribution in [2.24, 2.45) is 5.92 Å². The van der Waals surface area contributed by atoms with Crippen LogP contribution < -0.4 is 10.1 Å². The van der Waals surface area contributed by atoms with Crippen molar-refractivity contribution in [2.45, 2.75) is 75.4 Å². The van der Waals surface area contributed by atoms with Crippen molar-refractivity contribution in [2.75, 3.05) is 19.6 Å². The third-order valence-corrected chi connectivity index (χ3v) is 8.99. The molecule has 0 spiro atoms. The van der Waals surface area contributed by atoms with Gasteiger partial charge in [0.2, 0.25) is 11.7 Å². The third-order valence-electron chi connectivity index (χ3n) is 8.99. The topological polar surface area (TPSA) is 133 Å². The van der Waals surface area contributed by atoms with Gasteiger partial charge in [-0.3, -0.25) is 9.58 Å². The van der Waals surface area contributed by atoms with E-state index in [0.717, 1.165) is 54.5 Å². The maximum absolute atomic E-state index is 13.5. The summed E-state index contributed by atoms with van der Waals surface area (Å²) in [4.78, 5) is 21.6. The Morgan fingerprint density at radius 3 is 2.68 bits per heavy atom. The second-order valence-corrected chi connectivity index (χ2v) is 12.2. The zero-order chi connectivity index (χ0) is 30.3. The van der Waals surface area contributed by atoms with Crippen molar-refractivity contribution in [1.82, 2.24) is 44.9 Å². The molecule has 44 heavy (non-hydrogen) atoms. The zero-order valence-electron chi connectivity index (χ0n) is 24.1. The van der Waals surface area contributed by atoms with E-state index >= 15 is 0 Å². The molecule has 2 aliphatic carbocycles. The van der Waals surface area contributed by atoms with Crippen LogP contribution in [0.3, 0.4) is 0 Å². The van der Waals surface area contributed by atoms with E-state index in [4.69, 9.17) is 4.74 Å². The van der Waals surface area contributed by atoms with Crippen molar-refractivity contribution in [3.63, 3.8) is 0 Å². The van der Waals surface area contributed by atoms with Gasteiger partial charge in [-0.15, -0.1) is 0 Å². The van der Waals surface area contributed by atoms with Crippen molar-refractivity contribution >= 4 is 11.0 Å². The number of aromatic nitrogens is 7. The molecule has 14 heteroatoms. The molecule has 0 bridgehead atoms. The van der Waals surface area contributed by atoms with E-state index in [-0.39, 0.29) is 24.2 Å². The summed E-state index contributed by atoms with van der Waals surface area (Å²) in [7, 11) is 0. The molecule has 0 amide bonds. The van der Waals surface area contributed by atoms with Gasteiger partial charge in [0.25, 0.3) is 0 Å². The van der Waals surface area contributed by atoms with E-state index < -0.39 is 17.5 Å². The molecule has 3 aliphatic rings. The summed E-state index contributed by atoms with van der Waals surface area (Å²) in [6, 6.07) is 6.11. The molecule has 2 N–H and O–H groups in total. The molecule has 0 radical (unpaired) electrons. The molecule has 7 rings (SSSR count). The van der Waals surface area contributed by atoms with Gasteiger partial charge < -0.3 is 15.0 Å². The number of rotatable bonds is 10. The highest BCUT2D eigenvalue weighted by molar-refractivity contribution is 5.90. The standard InChI is InChI=1S/C30H33F3N10O/c31-30(32,33)28-40-21(14-35-12-19-1-2-19)11-25(41-28)44-23-5-3-22(4-6-23)42-16-29(17-42,8-9-34)43-15-20(13-39-43)26-24-7-10-36-27(24)38-18-37-26/h7,10-11,13,15,18-19,22-23,35H,1-6,8,12,14,16-17H2,(H,36,37,38)/t22-,23+. The Labute approximate surface area is 251 Å². The Morgan fingerprint density at radius 1 is 1.11 bits per heavy atom. The molecular formula is C30H33F3N10O. The van der Waals surface area contributed by atoms with E-state index in [9.17, 15) is 18.4 Å². The van der Waals surface area contributed by atoms with E-state index in [1.165, 1.54) is 12.4 Å². The maximum atomic E-state index is 13.5. The second kappa shape index (κ2) is 11.4. The van der Waals surface area contributed by atoms with Crippen LogP contribution in [0.25, 0.3) is 22.3 Å². The minimum Gasteiger partial charge on any atom is -0.474 e. The van der Waals surface area contributed by atoms with Crippen LogP contribution in [-0.2, 0) is 18.3 Å². The van der Waals surface area contributed by atoms with Crippen LogP contribution in [0.1, 0.15) is 56.5 Å². The largest absolute Gasteiger partial charge is 0.474 e. The average molecular weight is 607 g/mol. The van der Waals surface area contributed by atoms with Crippen LogP contribution in [-0.4, -0.2) is 71.4 Å². The van der Waals surface area contributed by atoms with Crippen LogP contribution in [0.2, 0.25) is 0 Å². The van der Waals surface area contributed by atoms with Gasteiger partial charge in [-0.05, 0) is 57.1 Å². The number of likely N-dealkylation sites (tertiary alicyclic amines) is 1. The third kappa shape index (κ3) is 5.86. The smallest absolute Gasteiger partial charge is 0.451 e. The molecule has 0 unspecified atom stereocenters. The van der Waals surface area contributed by atoms with Crippen molar-refractivity contribution < 1.29 is 17.9 Å². The van der Waals surface area contributed by atoms with Crippen LogP contribution in [0.5, 0.6) is 5.88 Å². The van der Waals surface area contributed by atoms with Gasteiger partial charge in [-0.1, -0.05) is 0 Å². The van der Waals surface area contributed by atoms with Gasteiger partial charge in [0.05, 0.1) is 30.1 Å². The Balaban J connectivity index is 0.971. The predicted molar refractivity (Wildman–Crippen MR) is 153 cm³/mol. The molecule has 11 nitrogen and oxygen atoms in total. The molecule has 2 saturated carbocycles. The first-order chi connectivity index (χ1) is 21.3. The summed E-state index contributed by atoms with van der Waals surface area (Å²) in [6.07, 6.45) is 7.98. The van der Waals surface area contributed by atoms with Gasteiger partial charge in [0, 0.05) is 55.1 Å². The number of alkyl halides is 3. The molecule has 1 aliphatic heterocycles. The first-order valence-corrected chi connectivity index (χ1v) is 15.1. The summed E-state index contributed by atoms with van der Waals surface area (Å²) in [5, 5.41) is 18.4. The molecule has 1 saturated heterocycles. The molecular weight excluding hydrogens is 573 g/mol. The number of aromatic amines is 1. The lowest BCUT2D eigenvalue weighted by atomic mass is 9.82. The molecule has 230 valence electrons. The summed E-state index contributed by atoms with van der Waals surface area (Å²) in [6.45, 7) is 2.41. The van der Waals surface area contributed by atoms with Crippen molar-refractivity contribution in [3.8, 4) is 23.2 Å². The number of nitriles is 1. The van der Waals surface area contributed by atoms with Gasteiger partial charge in [0.15, 0.2) is 0 Å². The molecule has 0 aromatic carbocycles. The highest BCUT2D eigenvalue weighted by Crippen LogP contribution is 2.39. The molecule has 5 heterocycles. The number of nitrogens with zero attached hydrogens (tertiary/aromatic N) is 8. The quantitative estimate of drug-likeness (QED) is 0.269. The minimum absolute atomic E-state index is 0.0222.